The number of rotatable bonds is 5. The topological polar surface area (TPSA) is 77.8 Å². The van der Waals surface area contributed by atoms with Crippen LogP contribution in [0.1, 0.15) is 92.4 Å². The second-order valence-electron chi connectivity index (χ2n) is 12.7. The van der Waals surface area contributed by atoms with Gasteiger partial charge in [0, 0.05) is 18.3 Å². The van der Waals surface area contributed by atoms with Gasteiger partial charge in [0.25, 0.3) is 5.97 Å². The van der Waals surface area contributed by atoms with Crippen molar-refractivity contribution < 1.29 is 20.1 Å². The maximum Gasteiger partial charge on any atom is 0.278 e. The van der Waals surface area contributed by atoms with Gasteiger partial charge in [0.2, 0.25) is 0 Å². The summed E-state index contributed by atoms with van der Waals surface area (Å²) in [5, 5.41) is 28.5. The van der Waals surface area contributed by atoms with Crippen LogP contribution >= 0.6 is 0 Å². The monoisotopic (exact) mass is 446 g/mol. The lowest BCUT2D eigenvalue weighted by molar-refractivity contribution is -0.343. The van der Waals surface area contributed by atoms with E-state index >= 15 is 0 Å². The summed E-state index contributed by atoms with van der Waals surface area (Å²) in [7, 11) is 0. The molecule has 4 aliphatic carbocycles. The number of carbonyl (C=O) groups excluding carboxylic acids is 1. The summed E-state index contributed by atoms with van der Waals surface area (Å²) in [6.45, 7) is 10.8. The Kier molecular flexibility index (Phi) is 6.49. The van der Waals surface area contributed by atoms with E-state index in [1.54, 1.807) is 6.92 Å². The molecule has 0 aromatic rings. The second-order valence-corrected chi connectivity index (χ2v) is 12.7. The summed E-state index contributed by atoms with van der Waals surface area (Å²) in [4.78, 5) is 13.5. The smallest absolute Gasteiger partial charge is 0.278 e. The van der Waals surface area contributed by atoms with Gasteiger partial charge in [-0.1, -0.05) is 59.6 Å². The summed E-state index contributed by atoms with van der Waals surface area (Å²) in [5.41, 5.74) is 0.584. The average Bonchev–Trinajstić information content (AvgIpc) is 3.08. The van der Waals surface area contributed by atoms with Gasteiger partial charge < -0.3 is 15.3 Å². The number of fused-ring (bicyclic) bond motifs is 5. The SMILES string of the molecule is CC([C@@H](C)C=C[C@@H](C)[C@H]1CC[C@H]2[C@@H]3C(=O)CC4CCCC[C@]4(C)[C@H]3CC[C@]12C)C(O)(O)O. The largest absolute Gasteiger partial charge is 0.343 e. The van der Waals surface area contributed by atoms with Crippen LogP contribution in [0.5, 0.6) is 0 Å². The lowest BCUT2D eigenvalue weighted by Gasteiger charge is -2.60. The molecule has 0 aromatic heterocycles. The van der Waals surface area contributed by atoms with Crippen LogP contribution in [0.25, 0.3) is 0 Å². The Morgan fingerprint density at radius 1 is 0.906 bits per heavy atom. The van der Waals surface area contributed by atoms with E-state index in [4.69, 9.17) is 0 Å². The third-order valence-electron chi connectivity index (χ3n) is 11.2. The van der Waals surface area contributed by atoms with Crippen LogP contribution in [0.2, 0.25) is 0 Å². The molecule has 0 aromatic carbocycles. The first-order chi connectivity index (χ1) is 14.9. The van der Waals surface area contributed by atoms with Gasteiger partial charge in [-0.2, -0.15) is 0 Å². The molecule has 0 spiro atoms. The molecule has 4 heteroatoms. The fourth-order valence-electron chi connectivity index (χ4n) is 8.87. The van der Waals surface area contributed by atoms with Gasteiger partial charge in [0.1, 0.15) is 5.78 Å². The highest BCUT2D eigenvalue weighted by molar-refractivity contribution is 5.83. The molecule has 0 aliphatic heterocycles. The molecule has 0 saturated heterocycles. The van der Waals surface area contributed by atoms with Gasteiger partial charge in [0.05, 0.1) is 0 Å². The first-order valence-electron chi connectivity index (χ1n) is 13.3. The van der Waals surface area contributed by atoms with Gasteiger partial charge in [-0.25, -0.2) is 0 Å². The van der Waals surface area contributed by atoms with E-state index in [1.165, 1.54) is 51.4 Å². The van der Waals surface area contributed by atoms with Crippen LogP contribution in [0.15, 0.2) is 12.2 Å². The van der Waals surface area contributed by atoms with Crippen LogP contribution in [0, 0.1) is 58.2 Å². The number of hydrogen-bond donors (Lipinski definition) is 3. The molecule has 4 aliphatic rings. The van der Waals surface area contributed by atoms with Crippen LogP contribution < -0.4 is 0 Å². The Labute approximate surface area is 194 Å². The van der Waals surface area contributed by atoms with Crippen molar-refractivity contribution in [2.24, 2.45) is 58.2 Å². The normalized spacial score (nSPS) is 45.1. The highest BCUT2D eigenvalue weighted by atomic mass is 16.7. The van der Waals surface area contributed by atoms with Crippen molar-refractivity contribution in [3.05, 3.63) is 12.2 Å². The Bertz CT molecular complexity index is 738. The quantitative estimate of drug-likeness (QED) is 0.395. The minimum atomic E-state index is -2.65. The molecule has 32 heavy (non-hydrogen) atoms. The van der Waals surface area contributed by atoms with Crippen molar-refractivity contribution in [3.63, 3.8) is 0 Å². The number of carbonyl (C=O) groups is 1. The first-order valence-corrected chi connectivity index (χ1v) is 13.3. The molecule has 4 nitrogen and oxygen atoms in total. The van der Waals surface area contributed by atoms with Gasteiger partial charge in [-0.05, 0) is 84.9 Å². The van der Waals surface area contributed by atoms with Gasteiger partial charge >= 0.3 is 0 Å². The maximum atomic E-state index is 13.5. The molecule has 0 heterocycles. The van der Waals surface area contributed by atoms with Crippen molar-refractivity contribution in [2.45, 2.75) is 98.4 Å². The number of hydrogen-bond acceptors (Lipinski definition) is 4. The molecule has 3 N–H and O–H groups in total. The molecule has 2 unspecified atom stereocenters. The number of ketones is 1. The molecule has 0 amide bonds. The molecule has 4 saturated carbocycles. The average molecular weight is 447 g/mol. The number of Topliss-reactive ketones (excluding diaryl/α,β-unsaturated/α-hetero) is 1. The summed E-state index contributed by atoms with van der Waals surface area (Å²) in [6.07, 6.45) is 15.1. The van der Waals surface area contributed by atoms with E-state index in [2.05, 4.69) is 26.8 Å². The first kappa shape index (κ1) is 24.4. The van der Waals surface area contributed by atoms with Gasteiger partial charge in [-0.3, -0.25) is 4.79 Å². The molecule has 10 atom stereocenters. The predicted octanol–water partition coefficient (Wildman–Crippen LogP) is 5.31. The van der Waals surface area contributed by atoms with E-state index < -0.39 is 11.9 Å². The van der Waals surface area contributed by atoms with Gasteiger partial charge in [0.15, 0.2) is 0 Å². The van der Waals surface area contributed by atoms with Crippen molar-refractivity contribution in [3.8, 4) is 0 Å². The van der Waals surface area contributed by atoms with Crippen molar-refractivity contribution in [1.82, 2.24) is 0 Å². The molecule has 4 fully saturated rings. The standard InChI is InChI=1S/C28H46O4/c1-17(19(3)28(30,31)32)9-10-18(2)21-11-12-22-25-23(13-15-27(21,22)5)26(4)14-7-6-8-20(26)16-24(25)29/h9-10,17-23,25,30-32H,6-8,11-16H2,1-5H3/t17-,18+,19?,20?,21+,22-,23-,25-,26-,27+/m0/s1. The minimum absolute atomic E-state index is 0.138. The van der Waals surface area contributed by atoms with Crippen molar-refractivity contribution >= 4 is 5.78 Å². The summed E-state index contributed by atoms with van der Waals surface area (Å²) in [6, 6.07) is 0. The van der Waals surface area contributed by atoms with Crippen molar-refractivity contribution in [2.75, 3.05) is 0 Å². The molecular formula is C28H46O4. The third kappa shape index (κ3) is 3.92. The maximum absolute atomic E-state index is 13.5. The third-order valence-corrected chi connectivity index (χ3v) is 11.2. The Balaban J connectivity index is 1.51. The van der Waals surface area contributed by atoms with E-state index in [0.29, 0.717) is 40.8 Å². The molecule has 4 rings (SSSR count). The summed E-state index contributed by atoms with van der Waals surface area (Å²) >= 11 is 0. The lowest BCUT2D eigenvalue weighted by Crippen LogP contribution is -2.56. The lowest BCUT2D eigenvalue weighted by atomic mass is 9.44. The summed E-state index contributed by atoms with van der Waals surface area (Å²) in [5.74, 6) is 0.0583. The van der Waals surface area contributed by atoms with E-state index in [9.17, 15) is 20.1 Å². The zero-order chi connectivity index (χ0) is 23.5. The van der Waals surface area contributed by atoms with Crippen molar-refractivity contribution in [1.29, 1.82) is 0 Å². The van der Waals surface area contributed by atoms with E-state index in [1.807, 2.05) is 13.0 Å². The number of aliphatic hydroxyl groups is 3. The Morgan fingerprint density at radius 3 is 2.28 bits per heavy atom. The zero-order valence-electron chi connectivity index (χ0n) is 20.9. The highest BCUT2D eigenvalue weighted by Crippen LogP contribution is 2.67. The molecule has 0 radical (unpaired) electrons. The van der Waals surface area contributed by atoms with E-state index in [0.717, 1.165) is 6.42 Å². The molecule has 0 bridgehead atoms. The van der Waals surface area contributed by atoms with Crippen LogP contribution in [-0.4, -0.2) is 27.1 Å². The molecular weight excluding hydrogens is 400 g/mol. The Hall–Kier alpha value is -0.710. The van der Waals surface area contributed by atoms with Gasteiger partial charge in [-0.15, -0.1) is 0 Å². The fourth-order valence-corrected chi connectivity index (χ4v) is 8.87. The second kappa shape index (κ2) is 8.50. The zero-order valence-corrected chi connectivity index (χ0v) is 20.9. The van der Waals surface area contributed by atoms with Crippen LogP contribution in [0.3, 0.4) is 0 Å². The fraction of sp³-hybridized carbons (Fsp3) is 0.893. The van der Waals surface area contributed by atoms with Crippen LogP contribution in [-0.2, 0) is 4.79 Å². The Morgan fingerprint density at radius 2 is 1.59 bits per heavy atom. The summed E-state index contributed by atoms with van der Waals surface area (Å²) < 4.78 is 0. The number of allylic oxidation sites excluding steroid dienone is 2. The highest BCUT2D eigenvalue weighted by Gasteiger charge is 2.62. The molecule has 182 valence electrons. The predicted molar refractivity (Wildman–Crippen MR) is 126 cm³/mol. The van der Waals surface area contributed by atoms with E-state index in [-0.39, 0.29) is 17.3 Å². The minimum Gasteiger partial charge on any atom is -0.343 e. The van der Waals surface area contributed by atoms with Crippen LogP contribution in [0.4, 0.5) is 0 Å².